The fraction of sp³-hybridized carbons (Fsp3) is 0.476. The molecule has 1 amide bonds. The highest BCUT2D eigenvalue weighted by atomic mass is 32.2. The van der Waals surface area contributed by atoms with Crippen LogP contribution in [0.4, 0.5) is 0 Å². The smallest absolute Gasteiger partial charge is 0.230 e. The predicted molar refractivity (Wildman–Crippen MR) is 111 cm³/mol. The average molecular weight is 415 g/mol. The molecule has 0 radical (unpaired) electrons. The third-order valence-corrected chi connectivity index (χ3v) is 6.47. The summed E-state index contributed by atoms with van der Waals surface area (Å²) in [6.07, 6.45) is 7.98. The molecule has 1 fully saturated rings. The molecule has 3 aromatic rings. The number of nitrogens with zero attached hydrogens (tertiary/aromatic N) is 3. The summed E-state index contributed by atoms with van der Waals surface area (Å²) in [5.74, 6) is 3.17. The molecule has 3 aromatic heterocycles. The van der Waals surface area contributed by atoms with Gasteiger partial charge in [-0.15, -0.1) is 10.2 Å². The molecule has 4 rings (SSSR count). The Labute approximate surface area is 174 Å². The molecule has 0 saturated heterocycles. The van der Waals surface area contributed by atoms with E-state index in [-0.39, 0.29) is 11.9 Å². The largest absolute Gasteiger partial charge is 0.469 e. The third-order valence-electron chi connectivity index (χ3n) is 5.50. The molecule has 3 heterocycles. The topological polar surface area (TPSA) is 86.1 Å². The van der Waals surface area contributed by atoms with Crippen molar-refractivity contribution in [2.75, 3.05) is 5.75 Å². The maximum atomic E-state index is 12.5. The highest BCUT2D eigenvalue weighted by Gasteiger charge is 2.24. The molecule has 0 unspecified atom stereocenters. The van der Waals surface area contributed by atoms with Crippen molar-refractivity contribution in [3.05, 3.63) is 42.2 Å². The van der Waals surface area contributed by atoms with E-state index in [4.69, 9.17) is 8.83 Å². The minimum absolute atomic E-state index is 0.0438. The summed E-state index contributed by atoms with van der Waals surface area (Å²) in [5.41, 5.74) is 0.886. The van der Waals surface area contributed by atoms with Crippen LogP contribution in [-0.2, 0) is 11.3 Å². The molecule has 0 aromatic carbocycles. The van der Waals surface area contributed by atoms with Crippen LogP contribution in [0.5, 0.6) is 0 Å². The van der Waals surface area contributed by atoms with Gasteiger partial charge in [-0.05, 0) is 43.9 Å². The van der Waals surface area contributed by atoms with Crippen molar-refractivity contribution in [3.8, 4) is 11.4 Å². The van der Waals surface area contributed by atoms with Crippen molar-refractivity contribution in [1.29, 1.82) is 0 Å². The zero-order valence-electron chi connectivity index (χ0n) is 16.8. The van der Waals surface area contributed by atoms with Gasteiger partial charge in [0.05, 0.1) is 30.4 Å². The van der Waals surface area contributed by atoms with Gasteiger partial charge < -0.3 is 14.2 Å². The van der Waals surface area contributed by atoms with Crippen molar-refractivity contribution in [3.63, 3.8) is 0 Å². The van der Waals surface area contributed by atoms with Crippen molar-refractivity contribution in [2.24, 2.45) is 5.92 Å². The Kier molecular flexibility index (Phi) is 6.08. The standard InChI is InChI=1S/C21H26N4O3S/c1-14-6-3-4-8-18(14)22-19(26)13-29-21-24-23-20(17-9-11-27-15(17)2)25(21)12-16-7-5-10-28-16/h5,7,9-11,14,18H,3-4,6,8,12-13H2,1-2H3,(H,22,26)/t14-,18-/m1/s1. The molecule has 154 valence electrons. The molecule has 1 aliphatic rings. The summed E-state index contributed by atoms with van der Waals surface area (Å²) in [4.78, 5) is 12.5. The van der Waals surface area contributed by atoms with Gasteiger partial charge in [0, 0.05) is 6.04 Å². The lowest BCUT2D eigenvalue weighted by Gasteiger charge is -2.29. The first-order chi connectivity index (χ1) is 14.1. The van der Waals surface area contributed by atoms with E-state index >= 15 is 0 Å². The van der Waals surface area contributed by atoms with E-state index in [2.05, 4.69) is 22.4 Å². The maximum Gasteiger partial charge on any atom is 0.230 e. The Morgan fingerprint density at radius 3 is 2.83 bits per heavy atom. The second-order valence-electron chi connectivity index (χ2n) is 7.59. The number of carbonyl (C=O) groups excluding carboxylic acids is 1. The minimum atomic E-state index is 0.0438. The Hall–Kier alpha value is -2.48. The quantitative estimate of drug-likeness (QED) is 0.581. The Balaban J connectivity index is 1.48. The Morgan fingerprint density at radius 2 is 2.10 bits per heavy atom. The Morgan fingerprint density at radius 1 is 1.24 bits per heavy atom. The van der Waals surface area contributed by atoms with Gasteiger partial charge in [-0.1, -0.05) is 31.5 Å². The summed E-state index contributed by atoms with van der Waals surface area (Å²) in [7, 11) is 0. The van der Waals surface area contributed by atoms with Gasteiger partial charge in [0.2, 0.25) is 5.91 Å². The number of hydrogen-bond acceptors (Lipinski definition) is 6. The van der Waals surface area contributed by atoms with E-state index in [1.165, 1.54) is 31.0 Å². The van der Waals surface area contributed by atoms with Crippen LogP contribution in [0.1, 0.15) is 44.1 Å². The highest BCUT2D eigenvalue weighted by Crippen LogP contribution is 2.28. The molecular weight excluding hydrogens is 388 g/mol. The summed E-state index contributed by atoms with van der Waals surface area (Å²) >= 11 is 1.40. The van der Waals surface area contributed by atoms with E-state index in [1.807, 2.05) is 29.7 Å². The number of hydrogen-bond donors (Lipinski definition) is 1. The number of amides is 1. The number of aryl methyl sites for hydroxylation is 1. The van der Waals surface area contributed by atoms with Crippen LogP contribution >= 0.6 is 11.8 Å². The number of furan rings is 2. The molecule has 1 saturated carbocycles. The van der Waals surface area contributed by atoms with Crippen LogP contribution in [0, 0.1) is 12.8 Å². The van der Waals surface area contributed by atoms with Gasteiger partial charge in [-0.3, -0.25) is 9.36 Å². The number of nitrogens with one attached hydrogen (secondary N) is 1. The average Bonchev–Trinajstić information content (AvgIpc) is 3.44. The first-order valence-electron chi connectivity index (χ1n) is 10.0. The molecule has 8 heteroatoms. The Bertz CT molecular complexity index is 947. The van der Waals surface area contributed by atoms with Gasteiger partial charge in [0.1, 0.15) is 11.5 Å². The monoisotopic (exact) mass is 414 g/mol. The van der Waals surface area contributed by atoms with Gasteiger partial charge >= 0.3 is 0 Å². The maximum absolute atomic E-state index is 12.5. The second-order valence-corrected chi connectivity index (χ2v) is 8.53. The molecule has 7 nitrogen and oxygen atoms in total. The van der Waals surface area contributed by atoms with E-state index in [0.29, 0.717) is 29.2 Å². The molecule has 1 aliphatic carbocycles. The molecular formula is C21H26N4O3S. The van der Waals surface area contributed by atoms with Crippen LogP contribution in [0.2, 0.25) is 0 Å². The highest BCUT2D eigenvalue weighted by molar-refractivity contribution is 7.99. The summed E-state index contributed by atoms with van der Waals surface area (Å²) in [6.45, 7) is 4.60. The van der Waals surface area contributed by atoms with Crippen LogP contribution in [-0.4, -0.2) is 32.5 Å². The molecule has 29 heavy (non-hydrogen) atoms. The van der Waals surface area contributed by atoms with E-state index in [0.717, 1.165) is 23.5 Å². The molecule has 2 atom stereocenters. The van der Waals surface area contributed by atoms with Gasteiger partial charge in [-0.25, -0.2) is 0 Å². The van der Waals surface area contributed by atoms with Crippen molar-refractivity contribution in [1.82, 2.24) is 20.1 Å². The van der Waals surface area contributed by atoms with E-state index < -0.39 is 0 Å². The van der Waals surface area contributed by atoms with Gasteiger partial charge in [0.15, 0.2) is 11.0 Å². The number of aromatic nitrogens is 3. The summed E-state index contributed by atoms with van der Waals surface area (Å²) < 4.78 is 12.9. The van der Waals surface area contributed by atoms with Crippen LogP contribution in [0.3, 0.4) is 0 Å². The van der Waals surface area contributed by atoms with Crippen molar-refractivity contribution in [2.45, 2.75) is 57.3 Å². The molecule has 0 spiro atoms. The first kappa shape index (κ1) is 19.8. The first-order valence-corrected chi connectivity index (χ1v) is 11.0. The van der Waals surface area contributed by atoms with E-state index in [1.54, 1.807) is 12.5 Å². The SMILES string of the molecule is Cc1occc1-c1nnc(SCC(=O)N[C@@H]2CCCC[C@H]2C)n1Cc1ccco1. The predicted octanol–water partition coefficient (Wildman–Crippen LogP) is 4.27. The summed E-state index contributed by atoms with van der Waals surface area (Å²) in [5, 5.41) is 12.6. The lowest BCUT2D eigenvalue weighted by molar-refractivity contribution is -0.119. The number of thioether (sulfide) groups is 1. The lowest BCUT2D eigenvalue weighted by Crippen LogP contribution is -2.41. The fourth-order valence-electron chi connectivity index (χ4n) is 3.82. The zero-order chi connectivity index (χ0) is 20.2. The number of carbonyl (C=O) groups is 1. The molecule has 1 N–H and O–H groups in total. The minimum Gasteiger partial charge on any atom is -0.469 e. The van der Waals surface area contributed by atoms with E-state index in [9.17, 15) is 4.79 Å². The van der Waals surface area contributed by atoms with Crippen molar-refractivity contribution >= 4 is 17.7 Å². The third kappa shape index (κ3) is 4.58. The molecule has 0 bridgehead atoms. The van der Waals surface area contributed by atoms with Gasteiger partial charge in [-0.2, -0.15) is 0 Å². The lowest BCUT2D eigenvalue weighted by atomic mass is 9.86. The molecule has 0 aliphatic heterocycles. The zero-order valence-corrected chi connectivity index (χ0v) is 17.6. The fourth-order valence-corrected chi connectivity index (χ4v) is 4.57. The van der Waals surface area contributed by atoms with Crippen LogP contribution < -0.4 is 5.32 Å². The van der Waals surface area contributed by atoms with Crippen LogP contribution in [0.15, 0.2) is 44.7 Å². The van der Waals surface area contributed by atoms with Crippen LogP contribution in [0.25, 0.3) is 11.4 Å². The second kappa shape index (κ2) is 8.90. The van der Waals surface area contributed by atoms with Gasteiger partial charge in [0.25, 0.3) is 0 Å². The summed E-state index contributed by atoms with van der Waals surface area (Å²) in [6, 6.07) is 5.93. The normalized spacial score (nSPS) is 19.4. The number of rotatable bonds is 7. The van der Waals surface area contributed by atoms with Crippen molar-refractivity contribution < 1.29 is 13.6 Å².